The van der Waals surface area contributed by atoms with Gasteiger partial charge in [0.15, 0.2) is 0 Å². The van der Waals surface area contributed by atoms with Gasteiger partial charge in [0.05, 0.1) is 0 Å². The third-order valence-electron chi connectivity index (χ3n) is 3.20. The number of hydrogen-bond acceptors (Lipinski definition) is 5. The molecule has 5 nitrogen and oxygen atoms in total. The Morgan fingerprint density at radius 1 is 0.917 bits per heavy atom. The lowest BCUT2D eigenvalue weighted by molar-refractivity contribution is 0.483. The number of rotatable bonds is 7. The molecule has 0 aliphatic carbocycles. The Balaban J connectivity index is 1.64. The number of hydrogen-bond donors (Lipinski definition) is 2. The molecule has 2 aromatic carbocycles. The third-order valence-corrected chi connectivity index (χ3v) is 3.20. The molecule has 0 atom stereocenters. The van der Waals surface area contributed by atoms with E-state index in [1.54, 1.807) is 6.08 Å². The van der Waals surface area contributed by atoms with Gasteiger partial charge in [0.2, 0.25) is 0 Å². The van der Waals surface area contributed by atoms with E-state index in [0.29, 0.717) is 12.4 Å². The summed E-state index contributed by atoms with van der Waals surface area (Å²) in [6, 6.07) is 19.2. The molecule has 24 heavy (non-hydrogen) atoms. The van der Waals surface area contributed by atoms with Crippen molar-refractivity contribution >= 4 is 17.3 Å². The summed E-state index contributed by atoms with van der Waals surface area (Å²) in [6.45, 7) is 4.33. The summed E-state index contributed by atoms with van der Waals surface area (Å²) in [7, 11) is 0. The highest BCUT2D eigenvalue weighted by atomic mass is 16.5. The number of para-hydroxylation sites is 1. The van der Waals surface area contributed by atoms with Crippen molar-refractivity contribution in [3.05, 3.63) is 79.6 Å². The quantitative estimate of drug-likeness (QED) is 0.623. The van der Waals surface area contributed by atoms with Gasteiger partial charge in [-0.2, -0.15) is 0 Å². The molecule has 0 radical (unpaired) electrons. The topological polar surface area (TPSA) is 59.1 Å². The standard InChI is InChI=1S/C19H18N4O/c1-2-12-20-18-13-19(22-14-21-18)23-15-8-10-17(11-9-15)24-16-6-4-3-5-7-16/h2-11,13-14H,1,12H2,(H2,20,21,22,23). The predicted molar refractivity (Wildman–Crippen MR) is 97.0 cm³/mol. The SMILES string of the molecule is C=CCNc1cc(Nc2ccc(Oc3ccccc3)cc2)ncn1. The molecule has 1 aromatic heterocycles. The second kappa shape index (κ2) is 7.78. The summed E-state index contributed by atoms with van der Waals surface area (Å²) in [5, 5.41) is 6.37. The molecule has 3 rings (SSSR count). The Labute approximate surface area is 141 Å². The van der Waals surface area contributed by atoms with Crippen LogP contribution in [0.1, 0.15) is 0 Å². The van der Waals surface area contributed by atoms with Gasteiger partial charge in [0, 0.05) is 18.3 Å². The minimum atomic E-state index is 0.655. The minimum absolute atomic E-state index is 0.655. The van der Waals surface area contributed by atoms with E-state index in [0.717, 1.165) is 23.0 Å². The Morgan fingerprint density at radius 3 is 2.38 bits per heavy atom. The Hall–Kier alpha value is -3.34. The van der Waals surface area contributed by atoms with Crippen LogP contribution in [0.15, 0.2) is 79.6 Å². The molecule has 0 spiro atoms. The molecule has 0 amide bonds. The van der Waals surface area contributed by atoms with Crippen LogP contribution in [0.3, 0.4) is 0 Å². The summed E-state index contributed by atoms with van der Waals surface area (Å²) < 4.78 is 5.77. The fraction of sp³-hybridized carbons (Fsp3) is 0.0526. The van der Waals surface area contributed by atoms with Crippen molar-refractivity contribution in [2.75, 3.05) is 17.2 Å². The molecule has 0 saturated carbocycles. The van der Waals surface area contributed by atoms with Crippen molar-refractivity contribution < 1.29 is 4.74 Å². The second-order valence-electron chi connectivity index (χ2n) is 5.02. The maximum atomic E-state index is 5.77. The molecule has 1 heterocycles. The van der Waals surface area contributed by atoms with E-state index in [9.17, 15) is 0 Å². The number of benzene rings is 2. The van der Waals surface area contributed by atoms with Gasteiger partial charge < -0.3 is 15.4 Å². The monoisotopic (exact) mass is 318 g/mol. The van der Waals surface area contributed by atoms with Gasteiger partial charge in [-0.15, -0.1) is 6.58 Å². The van der Waals surface area contributed by atoms with Crippen LogP contribution >= 0.6 is 0 Å². The maximum Gasteiger partial charge on any atom is 0.135 e. The van der Waals surface area contributed by atoms with Gasteiger partial charge in [-0.25, -0.2) is 9.97 Å². The highest BCUT2D eigenvalue weighted by molar-refractivity contribution is 5.59. The first-order valence-corrected chi connectivity index (χ1v) is 7.60. The molecule has 3 aromatic rings. The molecule has 0 unspecified atom stereocenters. The second-order valence-corrected chi connectivity index (χ2v) is 5.02. The van der Waals surface area contributed by atoms with Crippen molar-refractivity contribution in [1.82, 2.24) is 9.97 Å². The van der Waals surface area contributed by atoms with Crippen molar-refractivity contribution in [2.24, 2.45) is 0 Å². The molecule has 5 heteroatoms. The van der Waals surface area contributed by atoms with Crippen LogP contribution in [-0.4, -0.2) is 16.5 Å². The van der Waals surface area contributed by atoms with Crippen LogP contribution in [0.4, 0.5) is 17.3 Å². The molecule has 0 bridgehead atoms. The van der Waals surface area contributed by atoms with Gasteiger partial charge >= 0.3 is 0 Å². The van der Waals surface area contributed by atoms with E-state index < -0.39 is 0 Å². The molecule has 120 valence electrons. The van der Waals surface area contributed by atoms with E-state index in [1.165, 1.54) is 6.33 Å². The molecular weight excluding hydrogens is 300 g/mol. The van der Waals surface area contributed by atoms with Crippen molar-refractivity contribution in [3.63, 3.8) is 0 Å². The van der Waals surface area contributed by atoms with E-state index >= 15 is 0 Å². The zero-order valence-corrected chi connectivity index (χ0v) is 13.1. The first kappa shape index (κ1) is 15.6. The first-order chi connectivity index (χ1) is 11.8. The number of anilines is 3. The minimum Gasteiger partial charge on any atom is -0.457 e. The molecule has 0 aliphatic heterocycles. The van der Waals surface area contributed by atoms with E-state index in [-0.39, 0.29) is 0 Å². The number of nitrogens with zero attached hydrogens (tertiary/aromatic N) is 2. The van der Waals surface area contributed by atoms with Gasteiger partial charge in [0.1, 0.15) is 29.5 Å². The molecule has 0 fully saturated rings. The maximum absolute atomic E-state index is 5.77. The van der Waals surface area contributed by atoms with Crippen LogP contribution in [-0.2, 0) is 0 Å². The normalized spacial score (nSPS) is 10.0. The zero-order chi connectivity index (χ0) is 16.6. The molecule has 0 aliphatic rings. The van der Waals surface area contributed by atoms with E-state index in [1.807, 2.05) is 60.7 Å². The summed E-state index contributed by atoms with van der Waals surface area (Å²) in [4.78, 5) is 8.36. The number of nitrogens with one attached hydrogen (secondary N) is 2. The van der Waals surface area contributed by atoms with Crippen LogP contribution in [0.2, 0.25) is 0 Å². The molecule has 0 saturated heterocycles. The average Bonchev–Trinajstić information content (AvgIpc) is 2.63. The van der Waals surface area contributed by atoms with E-state index in [4.69, 9.17) is 4.74 Å². The Bertz CT molecular complexity index is 788. The third kappa shape index (κ3) is 4.33. The van der Waals surface area contributed by atoms with Gasteiger partial charge in [-0.05, 0) is 36.4 Å². The van der Waals surface area contributed by atoms with Crippen LogP contribution < -0.4 is 15.4 Å². The Kier molecular flexibility index (Phi) is 5.04. The first-order valence-electron chi connectivity index (χ1n) is 7.60. The molecular formula is C19H18N4O. The van der Waals surface area contributed by atoms with Crippen molar-refractivity contribution in [2.45, 2.75) is 0 Å². The number of aromatic nitrogens is 2. The van der Waals surface area contributed by atoms with Crippen LogP contribution in [0, 0.1) is 0 Å². The summed E-state index contributed by atoms with van der Waals surface area (Å²) in [6.07, 6.45) is 3.29. The highest BCUT2D eigenvalue weighted by Crippen LogP contribution is 2.24. The Morgan fingerprint density at radius 2 is 1.62 bits per heavy atom. The fourth-order valence-electron chi connectivity index (χ4n) is 2.08. The van der Waals surface area contributed by atoms with Crippen LogP contribution in [0.25, 0.3) is 0 Å². The summed E-state index contributed by atoms with van der Waals surface area (Å²) in [5.74, 6) is 3.06. The highest BCUT2D eigenvalue weighted by Gasteiger charge is 2.01. The zero-order valence-electron chi connectivity index (χ0n) is 13.1. The largest absolute Gasteiger partial charge is 0.457 e. The number of ether oxygens (including phenoxy) is 1. The van der Waals surface area contributed by atoms with Crippen molar-refractivity contribution in [3.8, 4) is 11.5 Å². The lowest BCUT2D eigenvalue weighted by Crippen LogP contribution is -2.02. The van der Waals surface area contributed by atoms with E-state index in [2.05, 4.69) is 27.2 Å². The van der Waals surface area contributed by atoms with Gasteiger partial charge in [-0.3, -0.25) is 0 Å². The summed E-state index contributed by atoms with van der Waals surface area (Å²) >= 11 is 0. The smallest absolute Gasteiger partial charge is 0.135 e. The lowest BCUT2D eigenvalue weighted by atomic mass is 10.3. The average molecular weight is 318 g/mol. The summed E-state index contributed by atoms with van der Waals surface area (Å²) in [5.41, 5.74) is 0.920. The van der Waals surface area contributed by atoms with Crippen molar-refractivity contribution in [1.29, 1.82) is 0 Å². The van der Waals surface area contributed by atoms with Gasteiger partial charge in [0.25, 0.3) is 0 Å². The molecule has 2 N–H and O–H groups in total. The lowest BCUT2D eigenvalue weighted by Gasteiger charge is -2.09. The predicted octanol–water partition coefficient (Wildman–Crippen LogP) is 4.61. The van der Waals surface area contributed by atoms with Gasteiger partial charge in [-0.1, -0.05) is 24.3 Å². The van der Waals surface area contributed by atoms with Crippen LogP contribution in [0.5, 0.6) is 11.5 Å². The fourth-order valence-corrected chi connectivity index (χ4v) is 2.08.